The van der Waals surface area contributed by atoms with Gasteiger partial charge in [-0.1, -0.05) is 11.6 Å². The molecular formula is C14H11ClF2N2O2. The monoisotopic (exact) mass is 312 g/mol. The first-order valence-electron chi connectivity index (χ1n) is 5.81. The molecule has 2 aromatic carbocycles. The van der Waals surface area contributed by atoms with Crippen molar-refractivity contribution in [2.24, 2.45) is 0 Å². The molecule has 0 aromatic heterocycles. The van der Waals surface area contributed by atoms with Crippen molar-refractivity contribution in [1.82, 2.24) is 0 Å². The van der Waals surface area contributed by atoms with Gasteiger partial charge in [0.1, 0.15) is 11.6 Å². The SMILES string of the molecule is COC(=O)c1cc(Nc2ccc(F)c(Cl)c2)c(F)cc1N. The van der Waals surface area contributed by atoms with E-state index in [9.17, 15) is 13.6 Å². The molecule has 0 unspecified atom stereocenters. The number of ether oxygens (including phenoxy) is 1. The number of esters is 1. The molecule has 21 heavy (non-hydrogen) atoms. The molecule has 0 amide bonds. The predicted octanol–water partition coefficient (Wildman–Crippen LogP) is 3.73. The van der Waals surface area contributed by atoms with Gasteiger partial charge >= 0.3 is 5.97 Å². The number of carbonyl (C=O) groups excluding carboxylic acids is 1. The van der Waals surface area contributed by atoms with Crippen LogP contribution in [-0.2, 0) is 4.74 Å². The van der Waals surface area contributed by atoms with Crippen molar-refractivity contribution in [1.29, 1.82) is 0 Å². The highest BCUT2D eigenvalue weighted by Gasteiger charge is 2.15. The summed E-state index contributed by atoms with van der Waals surface area (Å²) in [7, 11) is 1.19. The Labute approximate surface area is 124 Å². The van der Waals surface area contributed by atoms with Crippen molar-refractivity contribution in [2.75, 3.05) is 18.2 Å². The lowest BCUT2D eigenvalue weighted by Gasteiger charge is -2.11. The zero-order chi connectivity index (χ0) is 15.6. The van der Waals surface area contributed by atoms with Gasteiger partial charge in [-0.2, -0.15) is 0 Å². The van der Waals surface area contributed by atoms with E-state index in [-0.39, 0.29) is 22.0 Å². The zero-order valence-corrected chi connectivity index (χ0v) is 11.7. The summed E-state index contributed by atoms with van der Waals surface area (Å²) < 4.78 is 31.5. The van der Waals surface area contributed by atoms with Crippen LogP contribution in [0.4, 0.5) is 25.8 Å². The molecule has 0 fully saturated rings. The Bertz CT molecular complexity index is 708. The molecule has 0 spiro atoms. The Morgan fingerprint density at radius 2 is 1.95 bits per heavy atom. The molecule has 7 heteroatoms. The molecule has 0 aliphatic rings. The van der Waals surface area contributed by atoms with Crippen molar-refractivity contribution in [3.05, 3.63) is 52.6 Å². The number of hydrogen-bond donors (Lipinski definition) is 2. The summed E-state index contributed by atoms with van der Waals surface area (Å²) in [5.41, 5.74) is 5.90. The lowest BCUT2D eigenvalue weighted by Crippen LogP contribution is -2.07. The van der Waals surface area contributed by atoms with Crippen LogP contribution in [0.3, 0.4) is 0 Å². The molecular weight excluding hydrogens is 302 g/mol. The lowest BCUT2D eigenvalue weighted by atomic mass is 10.1. The first-order chi connectivity index (χ1) is 9.92. The van der Waals surface area contributed by atoms with Gasteiger partial charge in [-0.3, -0.25) is 0 Å². The fraction of sp³-hybridized carbons (Fsp3) is 0.0714. The number of halogens is 3. The molecule has 0 heterocycles. The van der Waals surface area contributed by atoms with E-state index in [2.05, 4.69) is 10.1 Å². The van der Waals surface area contributed by atoms with Crippen LogP contribution < -0.4 is 11.1 Å². The minimum atomic E-state index is -0.687. The fourth-order valence-corrected chi connectivity index (χ4v) is 1.88. The molecule has 0 atom stereocenters. The van der Waals surface area contributed by atoms with E-state index >= 15 is 0 Å². The summed E-state index contributed by atoms with van der Waals surface area (Å²) in [6, 6.07) is 6.04. The maximum atomic E-state index is 13.9. The second-order valence-corrected chi connectivity index (χ2v) is 4.57. The number of nitrogens with two attached hydrogens (primary N) is 1. The zero-order valence-electron chi connectivity index (χ0n) is 10.9. The second kappa shape index (κ2) is 5.97. The van der Waals surface area contributed by atoms with Crippen molar-refractivity contribution in [3.63, 3.8) is 0 Å². The Kier molecular flexibility index (Phi) is 4.28. The molecule has 0 bridgehead atoms. The molecule has 0 saturated carbocycles. The average molecular weight is 313 g/mol. The van der Waals surface area contributed by atoms with Crippen molar-refractivity contribution in [3.8, 4) is 0 Å². The van der Waals surface area contributed by atoms with Crippen LogP contribution in [-0.4, -0.2) is 13.1 Å². The molecule has 0 aliphatic carbocycles. The largest absolute Gasteiger partial charge is 0.465 e. The highest BCUT2D eigenvalue weighted by atomic mass is 35.5. The topological polar surface area (TPSA) is 64.3 Å². The molecule has 4 nitrogen and oxygen atoms in total. The highest BCUT2D eigenvalue weighted by Crippen LogP contribution is 2.27. The van der Waals surface area contributed by atoms with E-state index in [0.29, 0.717) is 5.69 Å². The van der Waals surface area contributed by atoms with Gasteiger partial charge in [0, 0.05) is 11.4 Å². The average Bonchev–Trinajstić information content (AvgIpc) is 2.45. The van der Waals surface area contributed by atoms with Crippen LogP contribution in [0.25, 0.3) is 0 Å². The van der Waals surface area contributed by atoms with Gasteiger partial charge in [0.2, 0.25) is 0 Å². The predicted molar refractivity (Wildman–Crippen MR) is 76.8 cm³/mol. The van der Waals surface area contributed by atoms with Crippen LogP contribution >= 0.6 is 11.6 Å². The maximum absolute atomic E-state index is 13.9. The summed E-state index contributed by atoms with van der Waals surface area (Å²) in [5.74, 6) is -1.94. The fourth-order valence-electron chi connectivity index (χ4n) is 1.70. The van der Waals surface area contributed by atoms with Gasteiger partial charge in [-0.25, -0.2) is 13.6 Å². The van der Waals surface area contributed by atoms with Crippen molar-refractivity contribution in [2.45, 2.75) is 0 Å². The first kappa shape index (κ1) is 15.1. The third kappa shape index (κ3) is 3.22. The number of nitrogens with one attached hydrogen (secondary N) is 1. The minimum Gasteiger partial charge on any atom is -0.465 e. The number of nitrogen functional groups attached to an aromatic ring is 1. The molecule has 0 radical (unpaired) electrons. The number of anilines is 3. The number of hydrogen-bond acceptors (Lipinski definition) is 4. The third-order valence-electron chi connectivity index (χ3n) is 2.74. The quantitative estimate of drug-likeness (QED) is 0.669. The van der Waals surface area contributed by atoms with E-state index in [1.54, 1.807) is 0 Å². The molecule has 3 N–H and O–H groups in total. The summed E-state index contributed by atoms with van der Waals surface area (Å²) in [5, 5.41) is 2.59. The van der Waals surface area contributed by atoms with Crippen LogP contribution in [0, 0.1) is 11.6 Å². The summed E-state index contributed by atoms with van der Waals surface area (Å²) >= 11 is 5.65. The van der Waals surface area contributed by atoms with Gasteiger partial charge in [0.15, 0.2) is 0 Å². The van der Waals surface area contributed by atoms with Gasteiger partial charge < -0.3 is 15.8 Å². The number of rotatable bonds is 3. The van der Waals surface area contributed by atoms with E-state index in [4.69, 9.17) is 17.3 Å². The standard InChI is InChI=1S/C14H11ClF2N2O2/c1-21-14(20)8-5-13(11(17)6-12(8)18)19-7-2-3-10(16)9(15)4-7/h2-6,19H,18H2,1H3. The maximum Gasteiger partial charge on any atom is 0.340 e. The van der Waals surface area contributed by atoms with Crippen LogP contribution in [0.1, 0.15) is 10.4 Å². The van der Waals surface area contributed by atoms with Crippen molar-refractivity contribution >= 4 is 34.6 Å². The van der Waals surface area contributed by atoms with E-state index < -0.39 is 17.6 Å². The lowest BCUT2D eigenvalue weighted by molar-refractivity contribution is 0.0602. The normalized spacial score (nSPS) is 10.3. The molecule has 0 saturated heterocycles. The summed E-state index contributed by atoms with van der Waals surface area (Å²) in [6.07, 6.45) is 0. The van der Waals surface area contributed by atoms with Gasteiger partial charge in [-0.15, -0.1) is 0 Å². The Hall–Kier alpha value is -2.34. The van der Waals surface area contributed by atoms with Crippen LogP contribution in [0.5, 0.6) is 0 Å². The van der Waals surface area contributed by atoms with E-state index in [1.165, 1.54) is 25.3 Å². The van der Waals surface area contributed by atoms with Gasteiger partial charge in [-0.05, 0) is 30.3 Å². The molecule has 2 aromatic rings. The molecule has 2 rings (SSSR count). The Morgan fingerprint density at radius 3 is 2.57 bits per heavy atom. The highest BCUT2D eigenvalue weighted by molar-refractivity contribution is 6.31. The summed E-state index contributed by atoms with van der Waals surface area (Å²) in [4.78, 5) is 11.5. The third-order valence-corrected chi connectivity index (χ3v) is 3.03. The van der Waals surface area contributed by atoms with Crippen LogP contribution in [0.2, 0.25) is 5.02 Å². The summed E-state index contributed by atoms with van der Waals surface area (Å²) in [6.45, 7) is 0. The minimum absolute atomic E-state index is 0.00715. The number of benzene rings is 2. The second-order valence-electron chi connectivity index (χ2n) is 4.16. The number of methoxy groups -OCH3 is 1. The van der Waals surface area contributed by atoms with Crippen molar-refractivity contribution < 1.29 is 18.3 Å². The van der Waals surface area contributed by atoms with Crippen LogP contribution in [0.15, 0.2) is 30.3 Å². The van der Waals surface area contributed by atoms with E-state index in [0.717, 1.165) is 12.1 Å². The molecule has 110 valence electrons. The smallest absolute Gasteiger partial charge is 0.340 e. The Balaban J connectivity index is 2.39. The van der Waals surface area contributed by atoms with E-state index in [1.807, 2.05) is 0 Å². The first-order valence-corrected chi connectivity index (χ1v) is 6.19. The van der Waals surface area contributed by atoms with Gasteiger partial charge in [0.05, 0.1) is 23.4 Å². The van der Waals surface area contributed by atoms with Gasteiger partial charge in [0.25, 0.3) is 0 Å². The number of carbonyl (C=O) groups is 1. The Morgan fingerprint density at radius 1 is 1.24 bits per heavy atom. The molecule has 0 aliphatic heterocycles.